The first-order valence-electron chi connectivity index (χ1n) is 5.36. The van der Waals surface area contributed by atoms with Crippen LogP contribution in [0.1, 0.15) is 20.9 Å². The van der Waals surface area contributed by atoms with E-state index in [-0.39, 0.29) is 22.2 Å². The summed E-state index contributed by atoms with van der Waals surface area (Å²) in [4.78, 5) is 24.4. The van der Waals surface area contributed by atoms with Crippen LogP contribution >= 0.6 is 11.6 Å². The van der Waals surface area contributed by atoms with Crippen molar-refractivity contribution in [3.8, 4) is 0 Å². The molecule has 19 heavy (non-hydrogen) atoms. The van der Waals surface area contributed by atoms with Crippen molar-refractivity contribution in [2.45, 2.75) is 0 Å². The molecule has 0 spiro atoms. The maximum Gasteiger partial charge on any atom is 0.337 e. The van der Waals surface area contributed by atoms with E-state index in [0.29, 0.717) is 0 Å². The van der Waals surface area contributed by atoms with Crippen molar-refractivity contribution in [2.75, 3.05) is 11.9 Å². The van der Waals surface area contributed by atoms with Gasteiger partial charge in [-0.1, -0.05) is 12.1 Å². The van der Waals surface area contributed by atoms with Crippen molar-refractivity contribution >= 4 is 29.2 Å². The topological polar surface area (TPSA) is 70.8 Å². The third-order valence-corrected chi connectivity index (χ3v) is 2.79. The first kappa shape index (κ1) is 13.2. The lowest BCUT2D eigenvalue weighted by Gasteiger charge is -2.17. The normalized spacial score (nSPS) is 10.2. The zero-order valence-electron chi connectivity index (χ0n) is 9.96. The fourth-order valence-electron chi connectivity index (χ4n) is 1.65. The van der Waals surface area contributed by atoms with Crippen LogP contribution in [0, 0.1) is 0 Å². The van der Waals surface area contributed by atoms with E-state index in [2.05, 4.69) is 0 Å². The van der Waals surface area contributed by atoms with Gasteiger partial charge in [-0.2, -0.15) is 0 Å². The van der Waals surface area contributed by atoms with Crippen molar-refractivity contribution < 1.29 is 19.1 Å². The number of hydrogen-bond acceptors (Lipinski definition) is 3. The largest absolute Gasteiger partial charge is 0.478 e. The number of furan rings is 1. The smallest absolute Gasteiger partial charge is 0.337 e. The van der Waals surface area contributed by atoms with Gasteiger partial charge in [0.2, 0.25) is 0 Å². The number of anilines is 1. The zero-order valence-corrected chi connectivity index (χ0v) is 10.7. The molecule has 0 fully saturated rings. The number of carboxylic acid groups (broad SMARTS) is 1. The predicted octanol–water partition coefficient (Wildman–Crippen LogP) is 2.91. The minimum absolute atomic E-state index is 0.0380. The summed E-state index contributed by atoms with van der Waals surface area (Å²) in [5.74, 6) is -1.53. The standard InChI is InChI=1S/C13H10ClNO4/c1-15(12(16)10-6-7-11(14)19-10)9-5-3-2-4-8(9)13(17)18/h2-7H,1H3,(H,17,18). The van der Waals surface area contributed by atoms with Gasteiger partial charge in [-0.15, -0.1) is 0 Å². The van der Waals surface area contributed by atoms with Crippen LogP contribution < -0.4 is 4.90 Å². The van der Waals surface area contributed by atoms with Gasteiger partial charge in [0.15, 0.2) is 11.0 Å². The number of benzene rings is 1. The second-order valence-corrected chi connectivity index (χ2v) is 4.16. The van der Waals surface area contributed by atoms with Crippen molar-refractivity contribution in [3.05, 3.63) is 52.9 Å². The number of rotatable bonds is 3. The summed E-state index contributed by atoms with van der Waals surface area (Å²) in [5.41, 5.74) is 0.323. The molecule has 1 amide bonds. The van der Waals surface area contributed by atoms with Crippen molar-refractivity contribution in [2.24, 2.45) is 0 Å². The summed E-state index contributed by atoms with van der Waals surface area (Å²) in [6.07, 6.45) is 0. The molecule has 1 N–H and O–H groups in total. The SMILES string of the molecule is CN(C(=O)c1ccc(Cl)o1)c1ccccc1C(=O)O. The van der Waals surface area contributed by atoms with Gasteiger partial charge in [0.25, 0.3) is 5.91 Å². The van der Waals surface area contributed by atoms with E-state index in [9.17, 15) is 9.59 Å². The molecule has 0 bridgehead atoms. The molecule has 0 saturated carbocycles. The van der Waals surface area contributed by atoms with E-state index in [1.165, 1.54) is 30.1 Å². The minimum atomic E-state index is -1.10. The lowest BCUT2D eigenvalue weighted by Crippen LogP contribution is -2.27. The number of carboxylic acids is 1. The van der Waals surface area contributed by atoms with Gasteiger partial charge in [0.1, 0.15) is 0 Å². The highest BCUT2D eigenvalue weighted by Crippen LogP contribution is 2.22. The second-order valence-electron chi connectivity index (χ2n) is 3.79. The van der Waals surface area contributed by atoms with Gasteiger partial charge in [0, 0.05) is 7.05 Å². The molecular weight excluding hydrogens is 270 g/mol. The van der Waals surface area contributed by atoms with E-state index in [4.69, 9.17) is 21.1 Å². The van der Waals surface area contributed by atoms with Crippen LogP contribution in [0.4, 0.5) is 5.69 Å². The van der Waals surface area contributed by atoms with Crippen LogP contribution in [0.5, 0.6) is 0 Å². The number of amides is 1. The van der Waals surface area contributed by atoms with E-state index >= 15 is 0 Å². The molecule has 0 aliphatic heterocycles. The van der Waals surface area contributed by atoms with Gasteiger partial charge < -0.3 is 14.4 Å². The molecule has 0 saturated heterocycles. The van der Waals surface area contributed by atoms with Crippen molar-refractivity contribution in [1.29, 1.82) is 0 Å². The molecule has 98 valence electrons. The summed E-state index contributed by atoms with van der Waals surface area (Å²) >= 11 is 5.61. The monoisotopic (exact) mass is 279 g/mol. The minimum Gasteiger partial charge on any atom is -0.478 e. The van der Waals surface area contributed by atoms with Crippen LogP contribution in [-0.2, 0) is 0 Å². The summed E-state index contributed by atoms with van der Waals surface area (Å²) in [6.45, 7) is 0. The number of aromatic carboxylic acids is 1. The highest BCUT2D eigenvalue weighted by Gasteiger charge is 2.21. The van der Waals surface area contributed by atoms with E-state index in [1.54, 1.807) is 18.2 Å². The Labute approximate surface area is 114 Å². The summed E-state index contributed by atoms with van der Waals surface area (Å²) in [7, 11) is 1.47. The van der Waals surface area contributed by atoms with Crippen LogP contribution in [0.15, 0.2) is 40.8 Å². The van der Waals surface area contributed by atoms with Gasteiger partial charge in [-0.3, -0.25) is 4.79 Å². The van der Waals surface area contributed by atoms with E-state index in [1.807, 2.05) is 0 Å². The predicted molar refractivity (Wildman–Crippen MR) is 69.9 cm³/mol. The molecule has 5 nitrogen and oxygen atoms in total. The Morgan fingerprint density at radius 1 is 1.21 bits per heavy atom. The third-order valence-electron chi connectivity index (χ3n) is 2.58. The molecule has 0 aliphatic carbocycles. The number of halogens is 1. The highest BCUT2D eigenvalue weighted by atomic mass is 35.5. The lowest BCUT2D eigenvalue weighted by molar-refractivity contribution is 0.0697. The molecule has 2 aromatic rings. The fourth-order valence-corrected chi connectivity index (χ4v) is 1.80. The zero-order chi connectivity index (χ0) is 14.0. The molecule has 1 heterocycles. The van der Waals surface area contributed by atoms with Gasteiger partial charge in [0.05, 0.1) is 11.3 Å². The van der Waals surface area contributed by atoms with Gasteiger partial charge >= 0.3 is 5.97 Å². The van der Waals surface area contributed by atoms with Crippen molar-refractivity contribution in [3.63, 3.8) is 0 Å². The van der Waals surface area contributed by atoms with E-state index < -0.39 is 11.9 Å². The van der Waals surface area contributed by atoms with Gasteiger partial charge in [-0.05, 0) is 35.9 Å². The maximum absolute atomic E-state index is 12.1. The lowest BCUT2D eigenvalue weighted by atomic mass is 10.1. The average molecular weight is 280 g/mol. The fraction of sp³-hybridized carbons (Fsp3) is 0.0769. The third kappa shape index (κ3) is 2.61. The quantitative estimate of drug-likeness (QED) is 0.938. The van der Waals surface area contributed by atoms with Crippen LogP contribution in [-0.4, -0.2) is 24.0 Å². The van der Waals surface area contributed by atoms with E-state index in [0.717, 1.165) is 0 Å². The molecule has 1 aromatic heterocycles. The molecular formula is C13H10ClNO4. The average Bonchev–Trinajstić information content (AvgIpc) is 2.83. The summed E-state index contributed by atoms with van der Waals surface area (Å²) < 4.78 is 5.02. The van der Waals surface area contributed by atoms with Crippen LogP contribution in [0.25, 0.3) is 0 Å². The maximum atomic E-state index is 12.1. The Morgan fingerprint density at radius 3 is 2.47 bits per heavy atom. The first-order chi connectivity index (χ1) is 9.00. The highest BCUT2D eigenvalue weighted by molar-refractivity contribution is 6.29. The number of para-hydroxylation sites is 1. The number of hydrogen-bond donors (Lipinski definition) is 1. The Hall–Kier alpha value is -2.27. The molecule has 0 atom stereocenters. The van der Waals surface area contributed by atoms with Crippen molar-refractivity contribution in [1.82, 2.24) is 0 Å². The Bertz CT molecular complexity index is 635. The first-order valence-corrected chi connectivity index (χ1v) is 5.74. The molecule has 1 aromatic carbocycles. The number of carbonyl (C=O) groups is 2. The summed E-state index contributed by atoms with van der Waals surface area (Å²) in [5, 5.41) is 9.19. The number of carbonyl (C=O) groups excluding carboxylic acids is 1. The molecule has 6 heteroatoms. The number of nitrogens with zero attached hydrogens (tertiary/aromatic N) is 1. The van der Waals surface area contributed by atoms with Crippen LogP contribution in [0.3, 0.4) is 0 Å². The van der Waals surface area contributed by atoms with Crippen LogP contribution in [0.2, 0.25) is 5.22 Å². The Kier molecular flexibility index (Phi) is 3.57. The molecule has 2 rings (SSSR count). The summed E-state index contributed by atoms with van der Waals surface area (Å²) in [6, 6.07) is 9.11. The molecule has 0 radical (unpaired) electrons. The van der Waals surface area contributed by atoms with Gasteiger partial charge in [-0.25, -0.2) is 4.79 Å². The Morgan fingerprint density at radius 2 is 1.89 bits per heavy atom. The molecule has 0 aliphatic rings. The second kappa shape index (κ2) is 5.16. The molecule has 0 unspecified atom stereocenters. The Balaban J connectivity index is 2.37.